The standard InChI is InChI=1S/C48H28F8N4/c49-45(50)41-42(46(51,52)48(55,56)47(45,53)54)44-40(30-19-11-4-12-20-30)36-26-24-34(59-36)38(28-15-7-2-8-16-28)32-22-21-31(57-32)37(27-13-5-1-6-14-27)33-23-25-35(58-33)39(43(41)60-44)29-17-9-3-10-18-29/h1-26,57-58H. The minimum absolute atomic E-state index is 0.0154. The zero-order chi connectivity index (χ0) is 41.6. The maximum atomic E-state index is 16.7. The van der Waals surface area contributed by atoms with Crippen LogP contribution in [0.25, 0.3) is 89.9 Å². The fourth-order valence-electron chi connectivity index (χ4n) is 8.30. The lowest BCUT2D eigenvalue weighted by Crippen LogP contribution is -2.65. The average Bonchev–Trinajstić information content (AvgIpc) is 4.09. The topological polar surface area (TPSA) is 57.4 Å². The summed E-state index contributed by atoms with van der Waals surface area (Å²) >= 11 is 0. The molecule has 0 fully saturated rings. The van der Waals surface area contributed by atoms with E-state index < -0.39 is 46.2 Å². The summed E-state index contributed by atoms with van der Waals surface area (Å²) in [6, 6.07) is 40.4. The van der Waals surface area contributed by atoms with Gasteiger partial charge in [-0.3, -0.25) is 0 Å². The number of rotatable bonds is 4. The number of H-pyrrole nitrogens is 2. The van der Waals surface area contributed by atoms with Crippen molar-refractivity contribution in [3.63, 3.8) is 0 Å². The Morgan fingerprint density at radius 3 is 1.08 bits per heavy atom. The number of halogens is 8. The fourth-order valence-corrected chi connectivity index (χ4v) is 8.30. The fraction of sp³-hybridized carbons (Fsp3) is 0.0833. The van der Waals surface area contributed by atoms with Crippen molar-refractivity contribution in [3.8, 4) is 44.5 Å². The molecule has 60 heavy (non-hydrogen) atoms. The Balaban J connectivity index is 1.50. The molecule has 2 N–H and O–H groups in total. The molecule has 4 nitrogen and oxygen atoms in total. The lowest BCUT2D eigenvalue weighted by molar-refractivity contribution is -0.344. The number of alkyl halides is 8. The summed E-state index contributed by atoms with van der Waals surface area (Å²) in [5.41, 5.74) is -2.06. The van der Waals surface area contributed by atoms with E-state index in [1.165, 1.54) is 60.7 Å². The van der Waals surface area contributed by atoms with E-state index in [0.29, 0.717) is 38.9 Å². The predicted molar refractivity (Wildman–Crippen MR) is 218 cm³/mol. The summed E-state index contributed by atoms with van der Waals surface area (Å²) in [6.45, 7) is 0. The van der Waals surface area contributed by atoms with Crippen LogP contribution in [0.4, 0.5) is 35.1 Å². The maximum absolute atomic E-state index is 16.7. The van der Waals surface area contributed by atoms with Crippen molar-refractivity contribution in [2.45, 2.75) is 23.7 Å². The Morgan fingerprint density at radius 2 is 0.650 bits per heavy atom. The van der Waals surface area contributed by atoms with Crippen LogP contribution in [-0.2, 0) is 0 Å². The summed E-state index contributed by atoms with van der Waals surface area (Å²) in [7, 11) is 0. The highest BCUT2D eigenvalue weighted by molar-refractivity contribution is 6.09. The second-order valence-corrected chi connectivity index (χ2v) is 14.6. The highest BCUT2D eigenvalue weighted by atomic mass is 19.4. The largest absolute Gasteiger partial charge is 0.383 e. The summed E-state index contributed by atoms with van der Waals surface area (Å²) in [6.07, 6.45) is 3.03. The minimum Gasteiger partial charge on any atom is -0.354 e. The van der Waals surface area contributed by atoms with Gasteiger partial charge in [0.25, 0.3) is 0 Å². The summed E-state index contributed by atoms with van der Waals surface area (Å²) in [5, 5.41) is 0. The Morgan fingerprint density at radius 1 is 0.333 bits per heavy atom. The number of fused-ring (bicyclic) bond motifs is 10. The lowest BCUT2D eigenvalue weighted by Gasteiger charge is -2.42. The monoisotopic (exact) mass is 812 g/mol. The molecule has 1 aliphatic carbocycles. The third kappa shape index (κ3) is 5.29. The second-order valence-electron chi connectivity index (χ2n) is 14.6. The molecule has 296 valence electrons. The van der Waals surface area contributed by atoms with Gasteiger partial charge in [0.2, 0.25) is 0 Å². The van der Waals surface area contributed by atoms with Crippen LogP contribution in [0.2, 0.25) is 0 Å². The number of aromatic amines is 2. The van der Waals surface area contributed by atoms with Gasteiger partial charge in [0, 0.05) is 44.3 Å². The van der Waals surface area contributed by atoms with Crippen LogP contribution in [0.15, 0.2) is 146 Å². The molecule has 0 unspecified atom stereocenters. The van der Waals surface area contributed by atoms with E-state index in [-0.39, 0.29) is 33.5 Å². The molecule has 7 aromatic rings. The Kier molecular flexibility index (Phi) is 8.20. The maximum Gasteiger partial charge on any atom is 0.383 e. The van der Waals surface area contributed by atoms with Gasteiger partial charge in [0.1, 0.15) is 0 Å². The Bertz CT molecular complexity index is 3080. The van der Waals surface area contributed by atoms with E-state index >= 15 is 35.1 Å². The number of hydrogen-bond acceptors (Lipinski definition) is 2. The van der Waals surface area contributed by atoms with Crippen LogP contribution in [-0.4, -0.2) is 43.6 Å². The van der Waals surface area contributed by atoms with Crippen LogP contribution in [0, 0.1) is 0 Å². The summed E-state index contributed by atoms with van der Waals surface area (Å²) in [4.78, 5) is 16.1. The van der Waals surface area contributed by atoms with Crippen LogP contribution >= 0.6 is 0 Å². The minimum atomic E-state index is -6.55. The molecule has 0 spiro atoms. The van der Waals surface area contributed by atoms with Crippen molar-refractivity contribution >= 4 is 45.4 Å². The van der Waals surface area contributed by atoms with Crippen LogP contribution < -0.4 is 0 Å². The highest BCUT2D eigenvalue weighted by Crippen LogP contribution is 2.68. The molecule has 2 aliphatic heterocycles. The van der Waals surface area contributed by atoms with Gasteiger partial charge in [0.05, 0.1) is 33.9 Å². The molecule has 8 bridgehead atoms. The van der Waals surface area contributed by atoms with Gasteiger partial charge in [-0.15, -0.1) is 0 Å². The molecule has 4 aromatic carbocycles. The van der Waals surface area contributed by atoms with Crippen molar-refractivity contribution < 1.29 is 35.1 Å². The molecule has 0 saturated carbocycles. The normalized spacial score (nSPS) is 17.1. The first-order valence-corrected chi connectivity index (χ1v) is 18.8. The van der Waals surface area contributed by atoms with E-state index in [1.54, 1.807) is 24.3 Å². The average molecular weight is 813 g/mol. The van der Waals surface area contributed by atoms with Gasteiger partial charge < -0.3 is 9.97 Å². The zero-order valence-electron chi connectivity index (χ0n) is 30.9. The molecule has 3 aliphatic rings. The van der Waals surface area contributed by atoms with Crippen molar-refractivity contribution in [1.82, 2.24) is 19.9 Å². The molecule has 5 heterocycles. The van der Waals surface area contributed by atoms with E-state index in [1.807, 2.05) is 72.8 Å². The predicted octanol–water partition coefficient (Wildman–Crippen LogP) is 13.6. The smallest absolute Gasteiger partial charge is 0.354 e. The lowest BCUT2D eigenvalue weighted by atomic mass is 9.77. The van der Waals surface area contributed by atoms with Crippen LogP contribution in [0.3, 0.4) is 0 Å². The third-order valence-corrected chi connectivity index (χ3v) is 11.1. The van der Waals surface area contributed by atoms with E-state index in [4.69, 9.17) is 4.98 Å². The second kappa shape index (κ2) is 13.2. The first-order valence-electron chi connectivity index (χ1n) is 18.8. The van der Waals surface area contributed by atoms with Gasteiger partial charge in [-0.1, -0.05) is 121 Å². The first-order chi connectivity index (χ1) is 28.8. The number of allylic oxidation sites excluding steroid dienone is 2. The van der Waals surface area contributed by atoms with Crippen molar-refractivity contribution in [1.29, 1.82) is 0 Å². The first kappa shape index (κ1) is 37.2. The highest BCUT2D eigenvalue weighted by Gasteiger charge is 2.87. The number of nitrogens with zero attached hydrogens (tertiary/aromatic N) is 2. The summed E-state index contributed by atoms with van der Waals surface area (Å²) in [5.74, 6) is -24.8. The number of hydrogen-bond donors (Lipinski definition) is 2. The molecule has 12 heteroatoms. The molecule has 10 rings (SSSR count). The van der Waals surface area contributed by atoms with Crippen molar-refractivity contribution in [3.05, 3.63) is 168 Å². The molecule has 0 atom stereocenters. The molecule has 3 aromatic heterocycles. The summed E-state index contributed by atoms with van der Waals surface area (Å²) < 4.78 is 129. The van der Waals surface area contributed by atoms with Crippen molar-refractivity contribution in [2.75, 3.05) is 0 Å². The molecule has 0 saturated heterocycles. The van der Waals surface area contributed by atoms with E-state index in [2.05, 4.69) is 15.0 Å². The number of benzene rings is 4. The van der Waals surface area contributed by atoms with Gasteiger partial charge in [-0.05, 0) is 58.7 Å². The number of nitrogens with one attached hydrogen (secondary N) is 2. The molecular weight excluding hydrogens is 785 g/mol. The van der Waals surface area contributed by atoms with Crippen LogP contribution in [0.5, 0.6) is 0 Å². The van der Waals surface area contributed by atoms with Gasteiger partial charge >= 0.3 is 23.7 Å². The van der Waals surface area contributed by atoms with Gasteiger partial charge in [-0.25, -0.2) is 9.97 Å². The molecule has 0 radical (unpaired) electrons. The number of aromatic nitrogens is 4. The van der Waals surface area contributed by atoms with Crippen molar-refractivity contribution in [2.24, 2.45) is 0 Å². The molecule has 0 amide bonds. The molecular formula is C48H28F8N4. The Labute approximate surface area is 336 Å². The Hall–Kier alpha value is -7.08. The SMILES string of the molecule is FC1(F)C2=C(c3nc2c(-c2ccccc2)c2nc(c(-c4ccccc4)c4ccc([nH]4)c(-c4ccccc4)c4ccc([nH]4)c3-c3ccccc3)C=C2)C(F)(F)C(F)(F)C1(F)F. The van der Waals surface area contributed by atoms with Crippen LogP contribution in [0.1, 0.15) is 22.8 Å². The van der Waals surface area contributed by atoms with Gasteiger partial charge in [0.15, 0.2) is 0 Å². The third-order valence-electron chi connectivity index (χ3n) is 11.1. The van der Waals surface area contributed by atoms with Gasteiger partial charge in [-0.2, -0.15) is 35.1 Å². The zero-order valence-corrected chi connectivity index (χ0v) is 30.9. The van der Waals surface area contributed by atoms with E-state index in [9.17, 15) is 0 Å². The van der Waals surface area contributed by atoms with E-state index in [0.717, 1.165) is 5.56 Å². The quantitative estimate of drug-likeness (QED) is 0.174.